The van der Waals surface area contributed by atoms with Gasteiger partial charge in [0, 0.05) is 29.7 Å². The molecular weight excluding hydrogens is 385 g/mol. The fourth-order valence-corrected chi connectivity index (χ4v) is 2.40. The summed E-state index contributed by atoms with van der Waals surface area (Å²) in [5, 5.41) is 9.38. The molecule has 2 heterocycles. The molecule has 0 unspecified atom stereocenters. The van der Waals surface area contributed by atoms with Gasteiger partial charge in [-0.1, -0.05) is 6.07 Å². The van der Waals surface area contributed by atoms with Crippen molar-refractivity contribution in [3.8, 4) is 0 Å². The summed E-state index contributed by atoms with van der Waals surface area (Å²) in [7, 11) is 1.92. The zero-order chi connectivity index (χ0) is 13.7. The van der Waals surface area contributed by atoms with E-state index in [1.54, 1.807) is 11.3 Å². The van der Waals surface area contributed by atoms with Crippen molar-refractivity contribution in [3.05, 3.63) is 39.8 Å². The third-order valence-corrected chi connectivity index (χ3v) is 3.95. The topological polar surface area (TPSA) is 68.2 Å². The van der Waals surface area contributed by atoms with Crippen LogP contribution >= 0.6 is 35.3 Å². The molecule has 110 valence electrons. The summed E-state index contributed by atoms with van der Waals surface area (Å²) in [4.78, 5) is 5.67. The molecule has 2 rings (SSSR count). The standard InChI is InChI=1S/C13H19N5S.HI/c1-10-11(9-17-18(10)2)8-16-13(14)15-6-5-12-4-3-7-19-12;/h3-4,7,9H,5-6,8H2,1-2H3,(H3,14,15,16);1H. The minimum absolute atomic E-state index is 0. The largest absolute Gasteiger partial charge is 0.370 e. The summed E-state index contributed by atoms with van der Waals surface area (Å²) in [6.45, 7) is 3.40. The number of hydrogen-bond donors (Lipinski definition) is 2. The van der Waals surface area contributed by atoms with Gasteiger partial charge in [0.2, 0.25) is 0 Å². The van der Waals surface area contributed by atoms with Gasteiger partial charge in [-0.3, -0.25) is 4.68 Å². The van der Waals surface area contributed by atoms with Crippen molar-refractivity contribution in [2.75, 3.05) is 6.54 Å². The number of aliphatic imine (C=N–C) groups is 1. The third-order valence-electron chi connectivity index (χ3n) is 3.01. The van der Waals surface area contributed by atoms with Gasteiger partial charge in [0.15, 0.2) is 5.96 Å². The van der Waals surface area contributed by atoms with Crippen molar-refractivity contribution in [2.45, 2.75) is 19.9 Å². The summed E-state index contributed by atoms with van der Waals surface area (Å²) < 4.78 is 1.84. The van der Waals surface area contributed by atoms with Crippen LogP contribution in [0.25, 0.3) is 0 Å². The highest BCUT2D eigenvalue weighted by Gasteiger charge is 2.02. The maximum Gasteiger partial charge on any atom is 0.188 e. The molecule has 0 aromatic carbocycles. The zero-order valence-corrected chi connectivity index (χ0v) is 14.8. The molecule has 0 atom stereocenters. The molecule has 2 aromatic rings. The maximum absolute atomic E-state index is 5.83. The van der Waals surface area contributed by atoms with Gasteiger partial charge in [-0.2, -0.15) is 5.10 Å². The second kappa shape index (κ2) is 8.25. The van der Waals surface area contributed by atoms with E-state index < -0.39 is 0 Å². The number of hydrogen-bond acceptors (Lipinski definition) is 3. The van der Waals surface area contributed by atoms with Crippen LogP contribution in [0.4, 0.5) is 0 Å². The van der Waals surface area contributed by atoms with Crippen LogP contribution in [0, 0.1) is 6.92 Å². The van der Waals surface area contributed by atoms with Crippen LogP contribution in [-0.2, 0) is 20.0 Å². The van der Waals surface area contributed by atoms with E-state index in [0.29, 0.717) is 12.5 Å². The Morgan fingerprint density at radius 2 is 2.35 bits per heavy atom. The molecule has 3 N–H and O–H groups in total. The third kappa shape index (κ3) is 4.78. The molecule has 7 heteroatoms. The molecule has 0 aliphatic carbocycles. The highest BCUT2D eigenvalue weighted by Crippen LogP contribution is 2.08. The van der Waals surface area contributed by atoms with Crippen LogP contribution in [0.1, 0.15) is 16.1 Å². The Labute approximate surface area is 140 Å². The average Bonchev–Trinajstić information content (AvgIpc) is 3.00. The molecule has 0 saturated carbocycles. The number of guanidine groups is 1. The van der Waals surface area contributed by atoms with E-state index >= 15 is 0 Å². The van der Waals surface area contributed by atoms with Crippen LogP contribution in [0.5, 0.6) is 0 Å². The second-order valence-corrected chi connectivity index (χ2v) is 5.37. The lowest BCUT2D eigenvalue weighted by atomic mass is 10.3. The van der Waals surface area contributed by atoms with E-state index in [1.165, 1.54) is 4.88 Å². The van der Waals surface area contributed by atoms with Gasteiger partial charge in [0.05, 0.1) is 12.7 Å². The van der Waals surface area contributed by atoms with E-state index in [1.807, 2.05) is 24.9 Å². The van der Waals surface area contributed by atoms with E-state index in [2.05, 4.69) is 32.9 Å². The fourth-order valence-electron chi connectivity index (χ4n) is 1.69. The van der Waals surface area contributed by atoms with Crippen LogP contribution in [0.3, 0.4) is 0 Å². The van der Waals surface area contributed by atoms with Gasteiger partial charge in [-0.15, -0.1) is 35.3 Å². The van der Waals surface area contributed by atoms with Crippen molar-refractivity contribution in [3.63, 3.8) is 0 Å². The molecule has 0 bridgehead atoms. The molecule has 2 aromatic heterocycles. The van der Waals surface area contributed by atoms with Gasteiger partial charge in [0.25, 0.3) is 0 Å². The van der Waals surface area contributed by atoms with Crippen molar-refractivity contribution >= 4 is 41.3 Å². The molecule has 0 amide bonds. The molecule has 0 aliphatic heterocycles. The Morgan fingerprint density at radius 3 is 2.95 bits per heavy atom. The smallest absolute Gasteiger partial charge is 0.188 e. The summed E-state index contributed by atoms with van der Waals surface area (Å²) in [5.41, 5.74) is 8.06. The van der Waals surface area contributed by atoms with E-state index in [0.717, 1.165) is 24.2 Å². The first-order chi connectivity index (χ1) is 9.16. The molecule has 0 spiro atoms. The van der Waals surface area contributed by atoms with E-state index in [9.17, 15) is 0 Å². The Bertz CT molecular complexity index is 547. The average molecular weight is 405 g/mol. The SMILES string of the molecule is Cc1c(CN=C(N)NCCc2cccs2)cnn1C.I. The first-order valence-corrected chi connectivity index (χ1v) is 7.08. The molecule has 5 nitrogen and oxygen atoms in total. The number of nitrogens with two attached hydrogens (primary N) is 1. The second-order valence-electron chi connectivity index (χ2n) is 4.34. The lowest BCUT2D eigenvalue weighted by molar-refractivity contribution is 0.737. The Morgan fingerprint density at radius 1 is 1.55 bits per heavy atom. The monoisotopic (exact) mass is 405 g/mol. The number of nitrogens with one attached hydrogen (secondary N) is 1. The quantitative estimate of drug-likeness (QED) is 0.455. The molecule has 0 aliphatic rings. The number of aromatic nitrogens is 2. The van der Waals surface area contributed by atoms with Crippen LogP contribution in [0.15, 0.2) is 28.7 Å². The van der Waals surface area contributed by atoms with Gasteiger partial charge in [-0.25, -0.2) is 4.99 Å². The van der Waals surface area contributed by atoms with Crippen molar-refractivity contribution < 1.29 is 0 Å². The van der Waals surface area contributed by atoms with E-state index in [-0.39, 0.29) is 24.0 Å². The van der Waals surface area contributed by atoms with Gasteiger partial charge < -0.3 is 11.1 Å². The Balaban J connectivity index is 0.00000200. The van der Waals surface area contributed by atoms with Gasteiger partial charge in [-0.05, 0) is 24.8 Å². The predicted octanol–water partition coefficient (Wildman–Crippen LogP) is 2.06. The first-order valence-electron chi connectivity index (χ1n) is 6.20. The maximum atomic E-state index is 5.83. The number of halogens is 1. The highest BCUT2D eigenvalue weighted by molar-refractivity contribution is 14.0. The Kier molecular flexibility index (Phi) is 7.00. The molecule has 0 saturated heterocycles. The summed E-state index contributed by atoms with van der Waals surface area (Å²) >= 11 is 1.76. The molecule has 20 heavy (non-hydrogen) atoms. The molecule has 0 fully saturated rings. The predicted molar refractivity (Wildman–Crippen MR) is 94.7 cm³/mol. The van der Waals surface area contributed by atoms with Gasteiger partial charge >= 0.3 is 0 Å². The highest BCUT2D eigenvalue weighted by atomic mass is 127. The normalized spacial score (nSPS) is 11.2. The number of thiophene rings is 1. The van der Waals surface area contributed by atoms with Gasteiger partial charge in [0.1, 0.15) is 0 Å². The van der Waals surface area contributed by atoms with Crippen molar-refractivity contribution in [1.29, 1.82) is 0 Å². The summed E-state index contributed by atoms with van der Waals surface area (Å²) in [6.07, 6.45) is 2.80. The molecular formula is C13H20IN5S. The molecule has 0 radical (unpaired) electrons. The summed E-state index contributed by atoms with van der Waals surface area (Å²) in [6, 6.07) is 4.18. The summed E-state index contributed by atoms with van der Waals surface area (Å²) in [5.74, 6) is 0.486. The van der Waals surface area contributed by atoms with Crippen LogP contribution in [0.2, 0.25) is 0 Å². The van der Waals surface area contributed by atoms with Crippen LogP contribution < -0.4 is 11.1 Å². The lowest BCUT2D eigenvalue weighted by Gasteiger charge is -2.04. The first kappa shape index (κ1) is 17.0. The minimum Gasteiger partial charge on any atom is -0.370 e. The van der Waals surface area contributed by atoms with E-state index in [4.69, 9.17) is 5.73 Å². The van der Waals surface area contributed by atoms with Crippen molar-refractivity contribution in [2.24, 2.45) is 17.8 Å². The van der Waals surface area contributed by atoms with Crippen molar-refractivity contribution in [1.82, 2.24) is 15.1 Å². The number of rotatable bonds is 5. The lowest BCUT2D eigenvalue weighted by Crippen LogP contribution is -2.33. The number of aryl methyl sites for hydroxylation is 1. The fraction of sp³-hybridized carbons (Fsp3) is 0.385. The Hall–Kier alpha value is -1.09. The number of nitrogens with zero attached hydrogens (tertiary/aromatic N) is 3. The zero-order valence-electron chi connectivity index (χ0n) is 11.7. The van der Waals surface area contributed by atoms with Crippen LogP contribution in [-0.4, -0.2) is 22.3 Å². The minimum atomic E-state index is 0.